The van der Waals surface area contributed by atoms with E-state index in [1.54, 1.807) is 11.3 Å². The van der Waals surface area contributed by atoms with Crippen molar-refractivity contribution in [2.45, 2.75) is 32.7 Å². The Balaban J connectivity index is 1.57. The standard InChI is InChI=1S/C20H22N5S/c1-14-13-20(2,3)25(23-14)16-11-9-15(10-12-16)21-22-19-24(4)17-7-5-6-8-18(17)26-19/h5-12H,13H2,1-4H3/q+1. The van der Waals surface area contributed by atoms with E-state index in [0.29, 0.717) is 0 Å². The summed E-state index contributed by atoms with van der Waals surface area (Å²) in [4.78, 5) is 0. The monoisotopic (exact) mass is 364 g/mol. The highest BCUT2D eigenvalue weighted by molar-refractivity contribution is 7.21. The average molecular weight is 364 g/mol. The molecular weight excluding hydrogens is 342 g/mol. The Morgan fingerprint density at radius 2 is 1.81 bits per heavy atom. The maximum absolute atomic E-state index is 4.66. The molecule has 0 atom stereocenters. The fourth-order valence-electron chi connectivity index (χ4n) is 3.39. The molecule has 6 heteroatoms. The third-order valence-corrected chi connectivity index (χ3v) is 5.70. The number of nitrogens with zero attached hydrogens (tertiary/aromatic N) is 5. The smallest absolute Gasteiger partial charge is 0.260 e. The molecule has 4 rings (SSSR count). The number of azo groups is 1. The summed E-state index contributed by atoms with van der Waals surface area (Å²) >= 11 is 1.64. The van der Waals surface area contributed by atoms with E-state index >= 15 is 0 Å². The lowest BCUT2D eigenvalue weighted by molar-refractivity contribution is -0.627. The Morgan fingerprint density at radius 3 is 2.46 bits per heavy atom. The van der Waals surface area contributed by atoms with Crippen LogP contribution in [0.2, 0.25) is 0 Å². The first-order valence-corrected chi connectivity index (χ1v) is 9.49. The fourth-order valence-corrected chi connectivity index (χ4v) is 4.36. The highest BCUT2D eigenvalue weighted by Crippen LogP contribution is 2.33. The molecule has 3 aromatic rings. The number of para-hydroxylation sites is 1. The predicted molar refractivity (Wildman–Crippen MR) is 108 cm³/mol. The Kier molecular flexibility index (Phi) is 4.07. The highest BCUT2D eigenvalue weighted by Gasteiger charge is 2.33. The zero-order valence-electron chi connectivity index (χ0n) is 15.5. The number of hydrazone groups is 1. The molecule has 1 aliphatic heterocycles. The molecule has 0 saturated heterocycles. The van der Waals surface area contributed by atoms with Crippen LogP contribution in [0.15, 0.2) is 63.9 Å². The first-order chi connectivity index (χ1) is 12.4. The van der Waals surface area contributed by atoms with Crippen LogP contribution >= 0.6 is 11.3 Å². The van der Waals surface area contributed by atoms with E-state index in [2.05, 4.69) is 69.9 Å². The quantitative estimate of drug-likeness (QED) is 0.447. The molecule has 132 valence electrons. The third-order valence-electron chi connectivity index (χ3n) is 4.59. The maximum atomic E-state index is 4.66. The van der Waals surface area contributed by atoms with Gasteiger partial charge in [0.25, 0.3) is 0 Å². The summed E-state index contributed by atoms with van der Waals surface area (Å²) < 4.78 is 3.28. The van der Waals surface area contributed by atoms with Gasteiger partial charge in [-0.05, 0) is 73.6 Å². The zero-order chi connectivity index (χ0) is 18.3. The Morgan fingerprint density at radius 1 is 1.08 bits per heavy atom. The molecule has 0 radical (unpaired) electrons. The van der Waals surface area contributed by atoms with Crippen LogP contribution in [-0.4, -0.2) is 11.3 Å². The van der Waals surface area contributed by atoms with E-state index in [9.17, 15) is 0 Å². The normalized spacial score (nSPS) is 16.6. The van der Waals surface area contributed by atoms with Crippen molar-refractivity contribution in [1.82, 2.24) is 0 Å². The van der Waals surface area contributed by atoms with Crippen LogP contribution in [-0.2, 0) is 7.05 Å². The van der Waals surface area contributed by atoms with Gasteiger partial charge in [0.1, 0.15) is 11.2 Å². The molecule has 2 heterocycles. The van der Waals surface area contributed by atoms with Gasteiger partial charge >= 0.3 is 5.13 Å². The minimum Gasteiger partial charge on any atom is -0.260 e. The van der Waals surface area contributed by atoms with Gasteiger partial charge in [-0.3, -0.25) is 5.01 Å². The summed E-state index contributed by atoms with van der Waals surface area (Å²) in [5.41, 5.74) is 4.27. The minimum absolute atomic E-state index is 0.0119. The SMILES string of the molecule is CC1=NN(c2ccc(N=Nc3sc4ccccc4[n+]3C)cc2)C(C)(C)C1. The van der Waals surface area contributed by atoms with Crippen molar-refractivity contribution >= 4 is 43.8 Å². The summed E-state index contributed by atoms with van der Waals surface area (Å²) in [6.07, 6.45) is 0.983. The van der Waals surface area contributed by atoms with Crippen molar-refractivity contribution < 1.29 is 4.57 Å². The van der Waals surface area contributed by atoms with E-state index in [0.717, 1.165) is 28.6 Å². The number of hydrogen-bond donors (Lipinski definition) is 0. The molecule has 0 spiro atoms. The number of anilines is 1. The molecule has 26 heavy (non-hydrogen) atoms. The predicted octanol–water partition coefficient (Wildman–Crippen LogP) is 5.51. The molecule has 0 fully saturated rings. The van der Waals surface area contributed by atoms with E-state index in [4.69, 9.17) is 0 Å². The van der Waals surface area contributed by atoms with Crippen molar-refractivity contribution in [2.24, 2.45) is 22.4 Å². The summed E-state index contributed by atoms with van der Waals surface area (Å²) in [7, 11) is 2.02. The topological polar surface area (TPSA) is 44.2 Å². The van der Waals surface area contributed by atoms with Crippen LogP contribution in [0.4, 0.5) is 16.5 Å². The number of thiazole rings is 1. The molecule has 0 N–H and O–H groups in total. The number of benzene rings is 2. The van der Waals surface area contributed by atoms with Crippen LogP contribution in [0.25, 0.3) is 10.2 Å². The van der Waals surface area contributed by atoms with E-state index in [1.165, 1.54) is 10.2 Å². The van der Waals surface area contributed by atoms with Gasteiger partial charge in [0, 0.05) is 12.1 Å². The van der Waals surface area contributed by atoms with Gasteiger partial charge in [-0.15, -0.1) is 0 Å². The summed E-state index contributed by atoms with van der Waals surface area (Å²) in [5.74, 6) is 0. The molecular formula is C20H22N5S+. The molecule has 0 aliphatic carbocycles. The van der Waals surface area contributed by atoms with Gasteiger partial charge in [-0.1, -0.05) is 12.1 Å². The number of hydrogen-bond acceptors (Lipinski definition) is 5. The summed E-state index contributed by atoms with van der Waals surface area (Å²) in [6, 6.07) is 16.4. The molecule has 0 saturated carbocycles. The van der Waals surface area contributed by atoms with Gasteiger partial charge in [-0.25, -0.2) is 4.57 Å². The lowest BCUT2D eigenvalue weighted by atomic mass is 9.98. The highest BCUT2D eigenvalue weighted by atomic mass is 32.1. The van der Waals surface area contributed by atoms with Crippen molar-refractivity contribution in [3.63, 3.8) is 0 Å². The van der Waals surface area contributed by atoms with E-state index in [1.807, 2.05) is 31.3 Å². The molecule has 2 aromatic carbocycles. The number of rotatable bonds is 3. The first kappa shape index (κ1) is 16.8. The van der Waals surface area contributed by atoms with Crippen molar-refractivity contribution in [1.29, 1.82) is 0 Å². The maximum Gasteiger partial charge on any atom is 0.409 e. The zero-order valence-corrected chi connectivity index (χ0v) is 16.3. The van der Waals surface area contributed by atoms with Gasteiger partial charge in [0.15, 0.2) is 0 Å². The summed E-state index contributed by atoms with van der Waals surface area (Å²) in [5, 5.41) is 16.5. The minimum atomic E-state index is 0.0119. The Bertz CT molecular complexity index is 1010. The molecule has 1 aliphatic rings. The number of aromatic nitrogens is 1. The second-order valence-electron chi connectivity index (χ2n) is 7.26. The Labute approximate surface area is 157 Å². The molecule has 1 aromatic heterocycles. The molecule has 0 unspecified atom stereocenters. The van der Waals surface area contributed by atoms with Gasteiger partial charge < -0.3 is 0 Å². The van der Waals surface area contributed by atoms with E-state index in [-0.39, 0.29) is 5.54 Å². The summed E-state index contributed by atoms with van der Waals surface area (Å²) in [6.45, 7) is 6.50. The van der Waals surface area contributed by atoms with Crippen molar-refractivity contribution in [3.8, 4) is 0 Å². The van der Waals surface area contributed by atoms with Crippen LogP contribution < -0.4 is 9.58 Å². The first-order valence-electron chi connectivity index (χ1n) is 8.68. The van der Waals surface area contributed by atoms with Gasteiger partial charge in [0.05, 0.1) is 28.1 Å². The lowest BCUT2D eigenvalue weighted by Gasteiger charge is -2.30. The Hall–Kier alpha value is -2.60. The molecule has 5 nitrogen and oxygen atoms in total. The van der Waals surface area contributed by atoms with Gasteiger partial charge in [0.2, 0.25) is 0 Å². The number of fused-ring (bicyclic) bond motifs is 1. The third kappa shape index (κ3) is 3.01. The second-order valence-corrected chi connectivity index (χ2v) is 8.27. The van der Waals surface area contributed by atoms with E-state index < -0.39 is 0 Å². The van der Waals surface area contributed by atoms with Crippen molar-refractivity contribution in [3.05, 3.63) is 48.5 Å². The van der Waals surface area contributed by atoms with Gasteiger partial charge in [-0.2, -0.15) is 5.10 Å². The molecule has 0 bridgehead atoms. The molecule has 0 amide bonds. The van der Waals surface area contributed by atoms with Crippen LogP contribution in [0.5, 0.6) is 0 Å². The van der Waals surface area contributed by atoms with Crippen LogP contribution in [0.3, 0.4) is 0 Å². The van der Waals surface area contributed by atoms with Crippen molar-refractivity contribution in [2.75, 3.05) is 5.01 Å². The average Bonchev–Trinajstić information content (AvgIpc) is 3.09. The van der Waals surface area contributed by atoms with Crippen LogP contribution in [0, 0.1) is 0 Å². The van der Waals surface area contributed by atoms with Crippen LogP contribution in [0.1, 0.15) is 27.2 Å². The lowest BCUT2D eigenvalue weighted by Crippen LogP contribution is -2.36. The number of aryl methyl sites for hydroxylation is 1. The fraction of sp³-hybridized carbons (Fsp3) is 0.300. The second kappa shape index (κ2) is 6.29. The largest absolute Gasteiger partial charge is 0.409 e.